The van der Waals surface area contributed by atoms with Gasteiger partial charge in [0.25, 0.3) is 0 Å². The Morgan fingerprint density at radius 2 is 0.747 bits per heavy atom. The quantitative estimate of drug-likeness (QED) is 0.171. The Labute approximate surface area is 479 Å². The molecule has 1 atom stereocenters. The number of rotatable bonds is 5. The van der Waals surface area contributed by atoms with Crippen LogP contribution in [0.3, 0.4) is 0 Å². The van der Waals surface area contributed by atoms with E-state index in [9.17, 15) is 0 Å². The molecule has 4 aliphatic rings. The molecule has 15 aromatic rings. The van der Waals surface area contributed by atoms with Gasteiger partial charge < -0.3 is 13.9 Å². The molecular formula is C80H48N2O. The summed E-state index contributed by atoms with van der Waals surface area (Å²) >= 11 is 0. The van der Waals surface area contributed by atoms with Crippen molar-refractivity contribution >= 4 is 60.8 Å². The fourth-order valence-electron chi connectivity index (χ4n) is 16.0. The highest BCUT2D eigenvalue weighted by Gasteiger charge is 2.53. The van der Waals surface area contributed by atoms with Gasteiger partial charge in [0.1, 0.15) is 11.2 Å². The molecule has 1 unspecified atom stereocenters. The number of aromatic nitrogens is 1. The second-order valence-corrected chi connectivity index (χ2v) is 23.0. The van der Waals surface area contributed by atoms with E-state index >= 15 is 0 Å². The minimum absolute atomic E-state index is 0.494. The van der Waals surface area contributed by atoms with Gasteiger partial charge in [0.2, 0.25) is 0 Å². The molecule has 0 N–H and O–H groups in total. The Hall–Kier alpha value is -10.7. The summed E-state index contributed by atoms with van der Waals surface area (Å²) in [5.41, 5.74) is 30.5. The Kier molecular flexibility index (Phi) is 8.92. The van der Waals surface area contributed by atoms with Crippen LogP contribution in [-0.4, -0.2) is 4.57 Å². The third kappa shape index (κ3) is 5.73. The average molecular weight is 1050 g/mol. The van der Waals surface area contributed by atoms with Crippen LogP contribution in [-0.2, 0) is 10.8 Å². The molecule has 3 heteroatoms. The summed E-state index contributed by atoms with van der Waals surface area (Å²) in [6.45, 7) is 0. The third-order valence-corrected chi connectivity index (χ3v) is 19.2. The minimum Gasteiger partial charge on any atom is -0.455 e. The van der Waals surface area contributed by atoms with Crippen molar-refractivity contribution in [1.29, 1.82) is 0 Å². The van der Waals surface area contributed by atoms with Crippen LogP contribution in [0, 0.1) is 0 Å². The summed E-state index contributed by atoms with van der Waals surface area (Å²) in [6, 6.07) is 109. The lowest BCUT2D eigenvalue weighted by atomic mass is 9.65. The summed E-state index contributed by atoms with van der Waals surface area (Å²) in [5.74, 6) is 0. The predicted molar refractivity (Wildman–Crippen MR) is 341 cm³/mol. The Morgan fingerprint density at radius 3 is 1.47 bits per heavy atom. The van der Waals surface area contributed by atoms with Crippen molar-refractivity contribution in [3.63, 3.8) is 0 Å². The molecule has 83 heavy (non-hydrogen) atoms. The van der Waals surface area contributed by atoms with E-state index in [0.717, 1.165) is 55.7 Å². The summed E-state index contributed by atoms with van der Waals surface area (Å²) in [5, 5.41) is 4.81. The first kappa shape index (κ1) is 45.0. The molecule has 13 aromatic carbocycles. The number of anilines is 3. The first-order valence-corrected chi connectivity index (χ1v) is 28.9. The van der Waals surface area contributed by atoms with E-state index < -0.39 is 10.8 Å². The van der Waals surface area contributed by atoms with Gasteiger partial charge in [-0.1, -0.05) is 231 Å². The second-order valence-electron chi connectivity index (χ2n) is 23.0. The van der Waals surface area contributed by atoms with Crippen molar-refractivity contribution < 1.29 is 4.42 Å². The average Bonchev–Trinajstić information content (AvgIpc) is 1.65. The molecular weight excluding hydrogens is 1000 g/mol. The van der Waals surface area contributed by atoms with Crippen molar-refractivity contribution in [1.82, 2.24) is 4.57 Å². The molecule has 0 amide bonds. The van der Waals surface area contributed by atoms with Crippen molar-refractivity contribution in [2.24, 2.45) is 0 Å². The molecule has 19 rings (SSSR count). The maximum absolute atomic E-state index is 6.61. The van der Waals surface area contributed by atoms with Crippen LogP contribution < -0.4 is 4.90 Å². The van der Waals surface area contributed by atoms with Gasteiger partial charge in [-0.25, -0.2) is 0 Å². The topological polar surface area (TPSA) is 21.3 Å². The monoisotopic (exact) mass is 1050 g/mol. The summed E-state index contributed by atoms with van der Waals surface area (Å²) in [6.07, 6.45) is 0. The third-order valence-electron chi connectivity index (χ3n) is 19.2. The van der Waals surface area contributed by atoms with E-state index in [1.807, 2.05) is 6.07 Å². The van der Waals surface area contributed by atoms with Crippen molar-refractivity contribution in [3.8, 4) is 61.3 Å². The molecule has 3 aliphatic carbocycles. The van der Waals surface area contributed by atoms with Crippen LogP contribution in [0.1, 0.15) is 44.5 Å². The zero-order chi connectivity index (χ0) is 54.1. The zero-order valence-corrected chi connectivity index (χ0v) is 45.0. The fourth-order valence-corrected chi connectivity index (χ4v) is 16.0. The van der Waals surface area contributed by atoms with Crippen molar-refractivity contribution in [2.45, 2.75) is 10.8 Å². The standard InChI is InChI=1S/C80H48N2O/c1-7-29-66-56(20-1)57-21-2-8-30-67(57)79(66)68-31-9-3-23-59(68)61-45-43-54(48-73(61)79)81(52-41-38-49(39-42-52)55-26-16-28-65-63-25-6-14-37-76(63)83-78(55)65)53-19-15-18-50(46-53)51-40-44-60-58-22-4-10-32-69(58)80(72(60)47-51)70-33-11-13-36-75(70)82-74-35-12-5-24-62(74)64-27-17-34-71(80)77(64)82/h1-48H. The fraction of sp³-hybridized carbons (Fsp3) is 0.0250. The van der Waals surface area contributed by atoms with E-state index in [-0.39, 0.29) is 0 Å². The SMILES string of the molecule is c1cc(-c2ccc3c(c2)C2(c4ccccc4-3)c3ccccc3-n3c4ccccc4c4cccc2c43)cc(N(c2ccc(-c3cccc4c3oc3ccccc34)cc2)c2ccc3c(c2)C2(c4ccccc4-c4ccccc42)c2ccccc2-3)c1. The van der Waals surface area contributed by atoms with E-state index in [0.29, 0.717) is 0 Å². The normalized spacial score (nSPS) is 15.1. The molecule has 1 aliphatic heterocycles. The molecule has 384 valence electrons. The van der Waals surface area contributed by atoms with Crippen LogP contribution in [0.4, 0.5) is 17.1 Å². The summed E-state index contributed by atoms with van der Waals surface area (Å²) in [4.78, 5) is 2.47. The number of fused-ring (bicyclic) bond motifs is 25. The number of benzene rings is 13. The number of furan rings is 1. The second kappa shape index (κ2) is 16.4. The number of hydrogen-bond acceptors (Lipinski definition) is 2. The van der Waals surface area contributed by atoms with Gasteiger partial charge in [0.15, 0.2) is 0 Å². The van der Waals surface area contributed by atoms with Crippen molar-refractivity contribution in [2.75, 3.05) is 4.90 Å². The Morgan fingerprint density at radius 1 is 0.277 bits per heavy atom. The van der Waals surface area contributed by atoms with Crippen LogP contribution in [0.25, 0.3) is 105 Å². The lowest BCUT2D eigenvalue weighted by Gasteiger charge is -2.39. The molecule has 0 fully saturated rings. The van der Waals surface area contributed by atoms with Gasteiger partial charge in [0.05, 0.1) is 27.6 Å². The molecule has 3 heterocycles. The molecule has 0 saturated carbocycles. The molecule has 2 spiro atoms. The van der Waals surface area contributed by atoms with Gasteiger partial charge in [-0.15, -0.1) is 0 Å². The largest absolute Gasteiger partial charge is 0.455 e. The predicted octanol–water partition coefficient (Wildman–Crippen LogP) is 20.5. The Balaban J connectivity index is 0.818. The maximum atomic E-state index is 6.61. The van der Waals surface area contributed by atoms with Gasteiger partial charge in [-0.3, -0.25) is 0 Å². The zero-order valence-electron chi connectivity index (χ0n) is 45.0. The highest BCUT2D eigenvalue weighted by Crippen LogP contribution is 2.65. The Bertz CT molecular complexity index is 5240. The minimum atomic E-state index is -0.560. The van der Waals surface area contributed by atoms with Gasteiger partial charge >= 0.3 is 0 Å². The number of nitrogens with zero attached hydrogens (tertiary/aromatic N) is 2. The van der Waals surface area contributed by atoms with Gasteiger partial charge in [-0.2, -0.15) is 0 Å². The van der Waals surface area contributed by atoms with Gasteiger partial charge in [-0.05, 0) is 155 Å². The van der Waals surface area contributed by atoms with E-state index in [2.05, 4.69) is 295 Å². The first-order chi connectivity index (χ1) is 41.2. The first-order valence-electron chi connectivity index (χ1n) is 28.9. The van der Waals surface area contributed by atoms with E-state index in [1.54, 1.807) is 0 Å². The van der Waals surface area contributed by atoms with Crippen LogP contribution in [0.5, 0.6) is 0 Å². The van der Waals surface area contributed by atoms with Crippen LogP contribution in [0.2, 0.25) is 0 Å². The molecule has 3 nitrogen and oxygen atoms in total. The summed E-state index contributed by atoms with van der Waals surface area (Å²) < 4.78 is 9.13. The lowest BCUT2D eigenvalue weighted by molar-refractivity contribution is 0.670. The number of para-hydroxylation sites is 5. The molecule has 2 aromatic heterocycles. The highest BCUT2D eigenvalue weighted by molar-refractivity contribution is 6.13. The maximum Gasteiger partial charge on any atom is 0.143 e. The smallest absolute Gasteiger partial charge is 0.143 e. The lowest BCUT2D eigenvalue weighted by Crippen LogP contribution is -2.33. The molecule has 0 saturated heterocycles. The van der Waals surface area contributed by atoms with Gasteiger partial charge in [0, 0.05) is 44.2 Å². The summed E-state index contributed by atoms with van der Waals surface area (Å²) in [7, 11) is 0. The molecule has 0 radical (unpaired) electrons. The van der Waals surface area contributed by atoms with Crippen LogP contribution in [0.15, 0.2) is 296 Å². The highest BCUT2D eigenvalue weighted by atomic mass is 16.3. The van der Waals surface area contributed by atoms with E-state index in [4.69, 9.17) is 4.42 Å². The number of hydrogen-bond donors (Lipinski definition) is 0. The van der Waals surface area contributed by atoms with E-state index in [1.165, 1.54) is 111 Å². The van der Waals surface area contributed by atoms with Crippen LogP contribution >= 0.6 is 0 Å². The van der Waals surface area contributed by atoms with Crippen molar-refractivity contribution in [3.05, 3.63) is 336 Å². The molecule has 0 bridgehead atoms.